The van der Waals surface area contributed by atoms with Crippen LogP contribution in [-0.2, 0) is 12.0 Å². The predicted octanol–water partition coefficient (Wildman–Crippen LogP) is 3.33. The molecule has 0 radical (unpaired) electrons. The van der Waals surface area contributed by atoms with Gasteiger partial charge < -0.3 is 5.32 Å². The van der Waals surface area contributed by atoms with Gasteiger partial charge in [0.2, 0.25) is 0 Å². The maximum absolute atomic E-state index is 4.68. The summed E-state index contributed by atoms with van der Waals surface area (Å²) in [5, 5.41) is 4.49. The van der Waals surface area contributed by atoms with Crippen molar-refractivity contribution in [3.8, 4) is 0 Å². The Morgan fingerprint density at radius 1 is 1.28 bits per heavy atom. The smallest absolute Gasteiger partial charge is 0.103 e. The number of thiazole rings is 1. The summed E-state index contributed by atoms with van der Waals surface area (Å²) in [6.45, 7) is 0.919. The Balaban J connectivity index is 1.96. The zero-order valence-corrected chi connectivity index (χ0v) is 11.5. The molecule has 3 heteroatoms. The van der Waals surface area contributed by atoms with Crippen molar-refractivity contribution in [1.82, 2.24) is 10.3 Å². The normalized spacial score (nSPS) is 17.4. The lowest BCUT2D eigenvalue weighted by Gasteiger charge is -2.40. The Bertz CT molecular complexity index is 514. The van der Waals surface area contributed by atoms with Gasteiger partial charge in [0.25, 0.3) is 0 Å². The first-order valence-corrected chi connectivity index (χ1v) is 7.32. The highest BCUT2D eigenvalue weighted by Gasteiger charge is 2.42. The van der Waals surface area contributed by atoms with Crippen molar-refractivity contribution in [2.75, 3.05) is 7.05 Å². The molecule has 0 atom stereocenters. The summed E-state index contributed by atoms with van der Waals surface area (Å²) in [6, 6.07) is 10.9. The molecular formula is C15H18N2S. The van der Waals surface area contributed by atoms with Crippen LogP contribution in [0.2, 0.25) is 0 Å². The summed E-state index contributed by atoms with van der Waals surface area (Å²) >= 11 is 1.86. The van der Waals surface area contributed by atoms with Crippen LogP contribution < -0.4 is 5.32 Å². The van der Waals surface area contributed by atoms with Crippen LogP contribution in [0, 0.1) is 0 Å². The molecule has 0 unspecified atom stereocenters. The van der Waals surface area contributed by atoms with Crippen LogP contribution in [0.4, 0.5) is 0 Å². The fourth-order valence-corrected chi connectivity index (χ4v) is 3.89. The molecule has 1 saturated carbocycles. The Morgan fingerprint density at radius 2 is 2.06 bits per heavy atom. The molecule has 2 aromatic rings. The van der Waals surface area contributed by atoms with Gasteiger partial charge in [-0.1, -0.05) is 36.8 Å². The van der Waals surface area contributed by atoms with E-state index in [1.807, 2.05) is 24.6 Å². The molecule has 0 amide bonds. The molecule has 1 aromatic carbocycles. The van der Waals surface area contributed by atoms with Gasteiger partial charge in [-0.3, -0.25) is 0 Å². The van der Waals surface area contributed by atoms with Crippen LogP contribution in [0.3, 0.4) is 0 Å². The number of hydrogen-bond acceptors (Lipinski definition) is 3. The lowest BCUT2D eigenvalue weighted by atomic mass is 9.65. The Morgan fingerprint density at radius 3 is 2.67 bits per heavy atom. The summed E-state index contributed by atoms with van der Waals surface area (Å²) in [5.74, 6) is 0. The molecule has 2 nitrogen and oxygen atoms in total. The average molecular weight is 258 g/mol. The van der Waals surface area contributed by atoms with Crippen LogP contribution >= 0.6 is 11.3 Å². The van der Waals surface area contributed by atoms with E-state index in [1.165, 1.54) is 34.7 Å². The third-order valence-electron chi connectivity index (χ3n) is 3.85. The number of aromatic nitrogens is 1. The summed E-state index contributed by atoms with van der Waals surface area (Å²) in [5.41, 5.74) is 1.64. The van der Waals surface area contributed by atoms with E-state index in [1.54, 1.807) is 0 Å². The Labute approximate surface area is 112 Å². The van der Waals surface area contributed by atoms with E-state index in [-0.39, 0.29) is 5.41 Å². The summed E-state index contributed by atoms with van der Waals surface area (Å²) in [7, 11) is 1.98. The fraction of sp³-hybridized carbons (Fsp3) is 0.400. The lowest BCUT2D eigenvalue weighted by molar-refractivity contribution is 0.300. The molecular weight excluding hydrogens is 240 g/mol. The molecule has 1 N–H and O–H groups in total. The highest BCUT2D eigenvalue weighted by molar-refractivity contribution is 7.11. The highest BCUT2D eigenvalue weighted by Crippen LogP contribution is 2.49. The molecule has 0 bridgehead atoms. The second-order valence-electron chi connectivity index (χ2n) is 4.96. The van der Waals surface area contributed by atoms with E-state index >= 15 is 0 Å². The van der Waals surface area contributed by atoms with Crippen molar-refractivity contribution in [2.45, 2.75) is 31.2 Å². The van der Waals surface area contributed by atoms with E-state index in [0.717, 1.165) is 6.54 Å². The number of nitrogens with zero attached hydrogens (tertiary/aromatic N) is 1. The molecule has 0 saturated heterocycles. The van der Waals surface area contributed by atoms with Gasteiger partial charge in [0.1, 0.15) is 5.01 Å². The fourth-order valence-electron chi connectivity index (χ4n) is 2.70. The van der Waals surface area contributed by atoms with Crippen LogP contribution in [0.15, 0.2) is 36.5 Å². The largest absolute Gasteiger partial charge is 0.315 e. The minimum Gasteiger partial charge on any atom is -0.315 e. The second kappa shape index (κ2) is 4.82. The van der Waals surface area contributed by atoms with E-state index in [4.69, 9.17) is 0 Å². The van der Waals surface area contributed by atoms with Gasteiger partial charge in [0, 0.05) is 23.0 Å². The van der Waals surface area contributed by atoms with Crippen molar-refractivity contribution >= 4 is 11.3 Å². The van der Waals surface area contributed by atoms with Crippen molar-refractivity contribution in [3.63, 3.8) is 0 Å². The van der Waals surface area contributed by atoms with Gasteiger partial charge >= 0.3 is 0 Å². The second-order valence-corrected chi connectivity index (χ2v) is 6.08. The minimum absolute atomic E-state index is 0.206. The summed E-state index contributed by atoms with van der Waals surface area (Å²) in [4.78, 5) is 6.01. The lowest BCUT2D eigenvalue weighted by Crippen LogP contribution is -2.35. The van der Waals surface area contributed by atoms with Crippen molar-refractivity contribution < 1.29 is 0 Å². The Kier molecular flexibility index (Phi) is 3.18. The summed E-state index contributed by atoms with van der Waals surface area (Å²) in [6.07, 6.45) is 5.82. The summed E-state index contributed by atoms with van der Waals surface area (Å²) < 4.78 is 0. The van der Waals surface area contributed by atoms with Gasteiger partial charge in [-0.25, -0.2) is 4.98 Å². The van der Waals surface area contributed by atoms with Crippen molar-refractivity contribution in [3.05, 3.63) is 52.0 Å². The van der Waals surface area contributed by atoms with E-state index < -0.39 is 0 Å². The number of benzene rings is 1. The molecule has 0 spiro atoms. The first-order chi connectivity index (χ1) is 8.85. The zero-order chi connectivity index (χ0) is 12.4. The van der Waals surface area contributed by atoms with Gasteiger partial charge in [-0.15, -0.1) is 11.3 Å². The number of hydrogen-bond donors (Lipinski definition) is 1. The molecule has 94 valence electrons. The number of rotatable bonds is 4. The first-order valence-electron chi connectivity index (χ1n) is 6.50. The average Bonchev–Trinajstić information content (AvgIpc) is 2.79. The zero-order valence-electron chi connectivity index (χ0n) is 10.6. The SMILES string of the molecule is CNCc1cnc(C2(c3ccccc3)CCC2)s1. The predicted molar refractivity (Wildman–Crippen MR) is 76.0 cm³/mol. The molecule has 1 heterocycles. The Hall–Kier alpha value is -1.19. The molecule has 0 aliphatic heterocycles. The monoisotopic (exact) mass is 258 g/mol. The molecule has 1 fully saturated rings. The molecule has 3 rings (SSSR count). The molecule has 1 aliphatic rings. The molecule has 1 aromatic heterocycles. The third-order valence-corrected chi connectivity index (χ3v) is 5.05. The molecule has 18 heavy (non-hydrogen) atoms. The van der Waals surface area contributed by atoms with Crippen LogP contribution in [-0.4, -0.2) is 12.0 Å². The maximum Gasteiger partial charge on any atom is 0.103 e. The first kappa shape index (κ1) is 11.9. The van der Waals surface area contributed by atoms with Crippen molar-refractivity contribution in [2.24, 2.45) is 0 Å². The van der Waals surface area contributed by atoms with Gasteiger partial charge in [0.05, 0.1) is 0 Å². The maximum atomic E-state index is 4.68. The quantitative estimate of drug-likeness (QED) is 0.910. The minimum atomic E-state index is 0.206. The highest BCUT2D eigenvalue weighted by atomic mass is 32.1. The third kappa shape index (κ3) is 1.88. The topological polar surface area (TPSA) is 24.9 Å². The van der Waals surface area contributed by atoms with Crippen LogP contribution in [0.1, 0.15) is 34.7 Å². The number of nitrogens with one attached hydrogen (secondary N) is 1. The molecule has 1 aliphatic carbocycles. The standard InChI is InChI=1S/C15H18N2S/c1-16-10-13-11-17-14(18-13)15(8-5-9-15)12-6-3-2-4-7-12/h2-4,6-7,11,16H,5,8-10H2,1H3. The van der Waals surface area contributed by atoms with Crippen LogP contribution in [0.5, 0.6) is 0 Å². The van der Waals surface area contributed by atoms with E-state index in [0.29, 0.717) is 0 Å². The van der Waals surface area contributed by atoms with Gasteiger partial charge in [-0.05, 0) is 25.5 Å². The van der Waals surface area contributed by atoms with Gasteiger partial charge in [0.15, 0.2) is 0 Å². The van der Waals surface area contributed by atoms with Crippen molar-refractivity contribution in [1.29, 1.82) is 0 Å². The van der Waals surface area contributed by atoms with Gasteiger partial charge in [-0.2, -0.15) is 0 Å². The van der Waals surface area contributed by atoms with Crippen LogP contribution in [0.25, 0.3) is 0 Å². The van der Waals surface area contributed by atoms with E-state index in [2.05, 4.69) is 40.6 Å². The van der Waals surface area contributed by atoms with E-state index in [9.17, 15) is 0 Å².